The Labute approximate surface area is 192 Å². The van der Waals surface area contributed by atoms with E-state index in [-0.39, 0.29) is 24.3 Å². The van der Waals surface area contributed by atoms with Crippen molar-refractivity contribution >= 4 is 27.4 Å². The summed E-state index contributed by atoms with van der Waals surface area (Å²) in [6, 6.07) is 4.00. The van der Waals surface area contributed by atoms with E-state index in [0.717, 1.165) is 35.6 Å². The van der Waals surface area contributed by atoms with E-state index >= 15 is 0 Å². The number of aryl methyl sites for hydroxylation is 2. The second kappa shape index (κ2) is 9.97. The first-order chi connectivity index (χ1) is 15.0. The number of likely N-dealkylation sites (tertiary alicyclic amines) is 1. The van der Waals surface area contributed by atoms with E-state index in [4.69, 9.17) is 4.74 Å². The van der Waals surface area contributed by atoms with Crippen molar-refractivity contribution in [3.63, 3.8) is 0 Å². The van der Waals surface area contributed by atoms with Crippen molar-refractivity contribution in [1.82, 2.24) is 9.62 Å². The van der Waals surface area contributed by atoms with Crippen LogP contribution < -0.4 is 14.9 Å². The fraction of sp³-hybridized carbons (Fsp3) is 0.696. The zero-order valence-electron chi connectivity index (χ0n) is 20.1. The summed E-state index contributed by atoms with van der Waals surface area (Å²) >= 11 is 0. The number of benzene rings is 1. The maximum Gasteiger partial charge on any atom is 0.321 e. The molecule has 0 radical (unpaired) electrons. The van der Waals surface area contributed by atoms with Gasteiger partial charge in [-0.15, -0.1) is 0 Å². The van der Waals surface area contributed by atoms with Crippen LogP contribution in [-0.2, 0) is 14.8 Å². The van der Waals surface area contributed by atoms with Gasteiger partial charge >= 0.3 is 6.03 Å². The maximum atomic E-state index is 12.9. The van der Waals surface area contributed by atoms with Gasteiger partial charge in [0.15, 0.2) is 0 Å². The number of carbonyl (C=O) groups is 1. The number of rotatable bonds is 5. The molecule has 0 saturated carbocycles. The molecule has 32 heavy (non-hydrogen) atoms. The first-order valence-corrected chi connectivity index (χ1v) is 13.1. The van der Waals surface area contributed by atoms with Gasteiger partial charge in [-0.2, -0.15) is 0 Å². The van der Waals surface area contributed by atoms with Gasteiger partial charge in [0.2, 0.25) is 10.0 Å². The summed E-state index contributed by atoms with van der Waals surface area (Å²) in [5, 5.41) is 2.63. The molecule has 2 unspecified atom stereocenters. The van der Waals surface area contributed by atoms with E-state index in [0.29, 0.717) is 25.9 Å². The average molecular weight is 467 g/mol. The Morgan fingerprint density at radius 2 is 1.59 bits per heavy atom. The van der Waals surface area contributed by atoms with Crippen molar-refractivity contribution in [3.05, 3.63) is 23.3 Å². The molecule has 1 aromatic carbocycles. The number of carbonyl (C=O) groups excluding carboxylic acids is 1. The molecule has 2 aliphatic rings. The van der Waals surface area contributed by atoms with Crippen LogP contribution in [0.5, 0.6) is 0 Å². The van der Waals surface area contributed by atoms with Gasteiger partial charge in [-0.25, -0.2) is 17.9 Å². The molecule has 0 aliphatic carbocycles. The minimum absolute atomic E-state index is 0.118. The number of ether oxygens (including phenoxy) is 1. The molecule has 0 spiro atoms. The van der Waals surface area contributed by atoms with Gasteiger partial charge in [-0.3, -0.25) is 0 Å². The zero-order valence-corrected chi connectivity index (χ0v) is 21.0. The van der Waals surface area contributed by atoms with E-state index in [1.54, 1.807) is 18.7 Å². The smallest absolute Gasteiger partial charge is 0.321 e. The minimum Gasteiger partial charge on any atom is -0.372 e. The summed E-state index contributed by atoms with van der Waals surface area (Å²) in [5.74, 6) is 0. The number of nitrogens with one attached hydrogen (secondary N) is 2. The van der Waals surface area contributed by atoms with Crippen molar-refractivity contribution in [3.8, 4) is 0 Å². The Morgan fingerprint density at radius 3 is 2.09 bits per heavy atom. The van der Waals surface area contributed by atoms with Crippen LogP contribution >= 0.6 is 0 Å². The van der Waals surface area contributed by atoms with Crippen LogP contribution in [0.3, 0.4) is 0 Å². The summed E-state index contributed by atoms with van der Waals surface area (Å²) in [6.07, 6.45) is 1.60. The highest BCUT2D eigenvalue weighted by molar-refractivity contribution is 7.90. The van der Waals surface area contributed by atoms with Crippen LogP contribution in [0.4, 0.5) is 16.2 Å². The summed E-state index contributed by atoms with van der Waals surface area (Å²) in [7, 11) is -3.30. The predicted octanol–water partition coefficient (Wildman–Crippen LogP) is 3.24. The number of nitrogens with zero attached hydrogens (tertiary/aromatic N) is 2. The van der Waals surface area contributed by atoms with E-state index in [1.165, 1.54) is 0 Å². The Morgan fingerprint density at radius 1 is 1.06 bits per heavy atom. The highest BCUT2D eigenvalue weighted by atomic mass is 32.2. The lowest BCUT2D eigenvalue weighted by atomic mass is 10.1. The molecule has 2 saturated heterocycles. The van der Waals surface area contributed by atoms with Crippen molar-refractivity contribution in [2.75, 3.05) is 36.4 Å². The SMILES string of the molecule is Cc1cc(N2CC(C)OC(C)C2)cc(C)c1NC(=O)N1CCC(NS(=O)(=O)C(C)C)CC1. The molecule has 2 heterocycles. The Hall–Kier alpha value is -1.84. The van der Waals surface area contributed by atoms with Crippen LogP contribution in [0.15, 0.2) is 12.1 Å². The molecular formula is C23H38N4O4S. The lowest BCUT2D eigenvalue weighted by molar-refractivity contribution is -0.00522. The molecule has 0 bridgehead atoms. The van der Waals surface area contributed by atoms with E-state index in [2.05, 4.69) is 40.9 Å². The van der Waals surface area contributed by atoms with Crippen LogP contribution in [0.2, 0.25) is 0 Å². The lowest BCUT2D eigenvalue weighted by Gasteiger charge is -2.37. The second-order valence-corrected chi connectivity index (χ2v) is 11.8. The maximum absolute atomic E-state index is 12.9. The first-order valence-electron chi connectivity index (χ1n) is 11.5. The van der Waals surface area contributed by atoms with Gasteiger partial charge in [0.1, 0.15) is 0 Å². The second-order valence-electron chi connectivity index (χ2n) is 9.52. The van der Waals surface area contributed by atoms with Crippen LogP contribution in [0, 0.1) is 13.8 Å². The number of hydrogen-bond donors (Lipinski definition) is 2. The molecule has 8 nitrogen and oxygen atoms in total. The highest BCUT2D eigenvalue weighted by Gasteiger charge is 2.28. The van der Waals surface area contributed by atoms with Crippen LogP contribution in [-0.4, -0.2) is 69.0 Å². The third-order valence-corrected chi connectivity index (χ3v) is 8.17. The zero-order chi connectivity index (χ0) is 23.6. The summed E-state index contributed by atoms with van der Waals surface area (Å²) in [4.78, 5) is 17.0. The summed E-state index contributed by atoms with van der Waals surface area (Å²) < 4.78 is 32.8. The summed E-state index contributed by atoms with van der Waals surface area (Å²) in [6.45, 7) is 14.3. The third-order valence-electron chi connectivity index (χ3n) is 6.27. The van der Waals surface area contributed by atoms with Crippen LogP contribution in [0.1, 0.15) is 51.7 Å². The van der Waals surface area contributed by atoms with Crippen molar-refractivity contribution in [1.29, 1.82) is 0 Å². The van der Waals surface area contributed by atoms with Gasteiger partial charge < -0.3 is 19.9 Å². The molecule has 180 valence electrons. The Balaban J connectivity index is 1.61. The minimum atomic E-state index is -3.30. The Kier molecular flexibility index (Phi) is 7.73. The molecule has 2 fully saturated rings. The highest BCUT2D eigenvalue weighted by Crippen LogP contribution is 2.29. The topological polar surface area (TPSA) is 91.0 Å². The molecule has 0 aromatic heterocycles. The number of anilines is 2. The van der Waals surface area contributed by atoms with Crippen molar-refractivity contribution < 1.29 is 17.9 Å². The fourth-order valence-electron chi connectivity index (χ4n) is 4.46. The van der Waals surface area contributed by atoms with Gasteiger partial charge in [0.05, 0.1) is 17.5 Å². The van der Waals surface area contributed by atoms with E-state index in [9.17, 15) is 13.2 Å². The summed E-state index contributed by atoms with van der Waals surface area (Å²) in [5.41, 5.74) is 4.05. The van der Waals surface area contributed by atoms with E-state index in [1.807, 2.05) is 13.8 Å². The van der Waals surface area contributed by atoms with Gasteiger partial charge in [-0.1, -0.05) is 0 Å². The molecule has 2 aliphatic heterocycles. The van der Waals surface area contributed by atoms with Gasteiger partial charge in [0.25, 0.3) is 0 Å². The molecule has 2 atom stereocenters. The first kappa shape index (κ1) is 24.8. The van der Waals surface area contributed by atoms with Crippen molar-refractivity contribution in [2.45, 2.75) is 77.9 Å². The lowest BCUT2D eigenvalue weighted by Crippen LogP contribution is -2.48. The number of sulfonamides is 1. The number of piperidine rings is 1. The normalized spacial score (nSPS) is 23.0. The molecule has 9 heteroatoms. The molecule has 3 rings (SSSR count). The quantitative estimate of drug-likeness (QED) is 0.695. The number of urea groups is 1. The molecule has 2 amide bonds. The monoisotopic (exact) mass is 466 g/mol. The van der Waals surface area contributed by atoms with Gasteiger partial charge in [-0.05, 0) is 77.6 Å². The number of amides is 2. The van der Waals surface area contributed by atoms with Crippen LogP contribution in [0.25, 0.3) is 0 Å². The standard InChI is InChI=1S/C23H38N4O4S/c1-15(2)32(29,30)25-20-7-9-26(10-8-20)23(28)24-22-16(3)11-21(12-17(22)4)27-13-18(5)31-19(6)14-27/h11-12,15,18-20,25H,7-10,13-14H2,1-6H3,(H,24,28). The van der Waals surface area contributed by atoms with Crippen molar-refractivity contribution in [2.24, 2.45) is 0 Å². The Bertz CT molecular complexity index is 893. The predicted molar refractivity (Wildman–Crippen MR) is 129 cm³/mol. The van der Waals surface area contributed by atoms with Gasteiger partial charge in [0, 0.05) is 43.6 Å². The fourth-order valence-corrected chi connectivity index (χ4v) is 5.44. The third kappa shape index (κ3) is 5.94. The largest absolute Gasteiger partial charge is 0.372 e. The molecule has 1 aromatic rings. The number of morpholine rings is 1. The molecular weight excluding hydrogens is 428 g/mol. The number of hydrogen-bond acceptors (Lipinski definition) is 5. The average Bonchev–Trinajstić information content (AvgIpc) is 2.69. The van der Waals surface area contributed by atoms with E-state index < -0.39 is 15.3 Å². The molecule has 2 N–H and O–H groups in total.